The van der Waals surface area contributed by atoms with Crippen molar-refractivity contribution < 1.29 is 27.1 Å². The molecule has 0 bridgehead atoms. The highest BCUT2D eigenvalue weighted by Gasteiger charge is 2.30. The van der Waals surface area contributed by atoms with Crippen LogP contribution in [0.5, 0.6) is 0 Å². The minimum atomic E-state index is -3.11. The zero-order chi connectivity index (χ0) is 24.7. The van der Waals surface area contributed by atoms with Crippen LogP contribution in [0.25, 0.3) is 0 Å². The molecule has 9 heteroatoms. The summed E-state index contributed by atoms with van der Waals surface area (Å²) in [4.78, 5) is 12.6. The monoisotopic (exact) mass is 494 g/mol. The molecule has 2 aromatic rings. The normalized spacial score (nSPS) is 19.0. The van der Waals surface area contributed by atoms with E-state index in [0.717, 1.165) is 18.1 Å². The van der Waals surface area contributed by atoms with Crippen LogP contribution in [0.2, 0.25) is 0 Å². The van der Waals surface area contributed by atoms with Gasteiger partial charge in [0.05, 0.1) is 23.7 Å². The summed E-state index contributed by atoms with van der Waals surface area (Å²) in [6.07, 6.45) is 0.361. The Morgan fingerprint density at radius 1 is 1.12 bits per heavy atom. The van der Waals surface area contributed by atoms with E-state index >= 15 is 0 Å². The van der Waals surface area contributed by atoms with Gasteiger partial charge in [-0.3, -0.25) is 4.79 Å². The number of nitrogens with one attached hydrogen (secondary N) is 2. The molecule has 3 rings (SSSR count). The van der Waals surface area contributed by atoms with Gasteiger partial charge in [0.15, 0.2) is 9.84 Å². The molecule has 1 aliphatic heterocycles. The Kier molecular flexibility index (Phi) is 9.16. The van der Waals surface area contributed by atoms with Gasteiger partial charge in [-0.05, 0) is 54.0 Å². The van der Waals surface area contributed by atoms with Crippen LogP contribution in [0.3, 0.4) is 0 Å². The van der Waals surface area contributed by atoms with Crippen molar-refractivity contribution in [3.63, 3.8) is 0 Å². The number of carbonyl (C=O) groups is 1. The fourth-order valence-corrected chi connectivity index (χ4v) is 6.15. The molecule has 0 spiro atoms. The number of halogens is 2. The van der Waals surface area contributed by atoms with Gasteiger partial charge in [-0.1, -0.05) is 31.2 Å². The Morgan fingerprint density at radius 3 is 2.47 bits per heavy atom. The fraction of sp³-hybridized carbons (Fsp3) is 0.480. The average molecular weight is 495 g/mol. The predicted molar refractivity (Wildman–Crippen MR) is 127 cm³/mol. The van der Waals surface area contributed by atoms with E-state index in [1.807, 2.05) is 18.2 Å². The largest absolute Gasteiger partial charge is 0.390 e. The molecule has 34 heavy (non-hydrogen) atoms. The maximum Gasteiger partial charge on any atom is 0.220 e. The van der Waals surface area contributed by atoms with Crippen LogP contribution in [0, 0.1) is 17.6 Å². The molecule has 3 atom stereocenters. The van der Waals surface area contributed by atoms with E-state index in [1.165, 1.54) is 17.7 Å². The van der Waals surface area contributed by atoms with Crippen LogP contribution in [0.15, 0.2) is 42.5 Å². The van der Waals surface area contributed by atoms with Gasteiger partial charge >= 0.3 is 0 Å². The van der Waals surface area contributed by atoms with Crippen molar-refractivity contribution in [3.8, 4) is 0 Å². The number of carbonyl (C=O) groups excluding carboxylic acids is 1. The van der Waals surface area contributed by atoms with Crippen LogP contribution >= 0.6 is 0 Å². The molecular weight excluding hydrogens is 462 g/mol. The molecule has 1 aliphatic rings. The van der Waals surface area contributed by atoms with Crippen LogP contribution in [-0.4, -0.2) is 49.6 Å². The number of sulfone groups is 1. The van der Waals surface area contributed by atoms with Gasteiger partial charge in [0.1, 0.15) is 11.6 Å². The van der Waals surface area contributed by atoms with E-state index in [1.54, 1.807) is 0 Å². The molecule has 0 aromatic heterocycles. The summed E-state index contributed by atoms with van der Waals surface area (Å²) in [5.41, 5.74) is 2.56. The van der Waals surface area contributed by atoms with E-state index in [4.69, 9.17) is 0 Å². The number of rotatable bonds is 11. The molecule has 2 aromatic carbocycles. The van der Waals surface area contributed by atoms with Gasteiger partial charge in [-0.25, -0.2) is 17.2 Å². The first-order valence-electron chi connectivity index (χ1n) is 11.5. The summed E-state index contributed by atoms with van der Waals surface area (Å²) in [6.45, 7) is 2.73. The Balaban J connectivity index is 1.63. The smallest absolute Gasteiger partial charge is 0.220 e. The van der Waals surface area contributed by atoms with Gasteiger partial charge in [-0.15, -0.1) is 0 Å². The summed E-state index contributed by atoms with van der Waals surface area (Å²) in [7, 11) is -3.11. The maximum absolute atomic E-state index is 13.7. The van der Waals surface area contributed by atoms with Gasteiger partial charge in [0.2, 0.25) is 5.91 Å². The second-order valence-corrected chi connectivity index (χ2v) is 11.2. The molecule has 186 valence electrons. The molecule has 0 aliphatic carbocycles. The van der Waals surface area contributed by atoms with Crippen molar-refractivity contribution in [1.82, 2.24) is 10.6 Å². The molecule has 1 fully saturated rings. The number of hydrogen-bond donors (Lipinski definition) is 3. The first-order chi connectivity index (χ1) is 16.1. The highest BCUT2D eigenvalue weighted by atomic mass is 32.2. The third kappa shape index (κ3) is 8.14. The SMILES string of the molecule is CCc1cccc(CNC[C@H](O)[C@H](Cc2cc(F)cc(F)c2)NC(=O)CC2CCS(=O)(=O)C2)c1. The molecule has 1 amide bonds. The van der Waals surface area contributed by atoms with Crippen LogP contribution in [0.4, 0.5) is 8.78 Å². The molecule has 6 nitrogen and oxygen atoms in total. The average Bonchev–Trinajstić information content (AvgIpc) is 3.10. The van der Waals surface area contributed by atoms with Crippen molar-refractivity contribution in [2.75, 3.05) is 18.1 Å². The maximum atomic E-state index is 13.7. The van der Waals surface area contributed by atoms with Gasteiger partial charge in [-0.2, -0.15) is 0 Å². The van der Waals surface area contributed by atoms with E-state index < -0.39 is 39.5 Å². The first-order valence-corrected chi connectivity index (χ1v) is 13.4. The van der Waals surface area contributed by atoms with E-state index in [9.17, 15) is 27.1 Å². The van der Waals surface area contributed by atoms with Gasteiger partial charge < -0.3 is 15.7 Å². The summed E-state index contributed by atoms with van der Waals surface area (Å²) < 4.78 is 50.7. The van der Waals surface area contributed by atoms with Crippen molar-refractivity contribution in [2.24, 2.45) is 5.92 Å². The second-order valence-electron chi connectivity index (χ2n) is 9.00. The topological polar surface area (TPSA) is 95.5 Å². The third-order valence-electron chi connectivity index (χ3n) is 6.07. The predicted octanol–water partition coefficient (Wildman–Crippen LogP) is 2.53. The van der Waals surface area contributed by atoms with Gasteiger partial charge in [0.25, 0.3) is 0 Å². The number of benzene rings is 2. The molecule has 1 heterocycles. The number of aryl methyl sites for hydroxylation is 1. The minimum Gasteiger partial charge on any atom is -0.390 e. The van der Waals surface area contributed by atoms with Crippen molar-refractivity contribution in [1.29, 1.82) is 0 Å². The van der Waals surface area contributed by atoms with Crippen LogP contribution < -0.4 is 10.6 Å². The van der Waals surface area contributed by atoms with Crippen molar-refractivity contribution >= 4 is 15.7 Å². The number of aliphatic hydroxyl groups excluding tert-OH is 1. The third-order valence-corrected chi connectivity index (χ3v) is 7.91. The molecule has 0 radical (unpaired) electrons. The lowest BCUT2D eigenvalue weighted by Gasteiger charge is -2.25. The lowest BCUT2D eigenvalue weighted by molar-refractivity contribution is -0.123. The molecule has 1 saturated heterocycles. The summed E-state index contributed by atoms with van der Waals surface area (Å²) in [5, 5.41) is 16.7. The lowest BCUT2D eigenvalue weighted by Crippen LogP contribution is -2.49. The second kappa shape index (κ2) is 11.9. The Labute approximate surface area is 199 Å². The molecule has 1 unspecified atom stereocenters. The van der Waals surface area contributed by atoms with E-state index in [2.05, 4.69) is 23.6 Å². The Morgan fingerprint density at radius 2 is 1.82 bits per heavy atom. The lowest BCUT2D eigenvalue weighted by atomic mass is 9.99. The first kappa shape index (κ1) is 26.2. The zero-order valence-electron chi connectivity index (χ0n) is 19.3. The fourth-order valence-electron chi connectivity index (χ4n) is 4.29. The standard InChI is InChI=1S/C25H32F2N2O4S/c1-2-17-4-3-5-18(8-17)14-28-15-24(30)23(11-20-9-21(26)13-22(27)10-20)29-25(31)12-19-6-7-34(32,33)16-19/h3-5,8-10,13,19,23-24,28,30H,2,6-7,11-12,14-16H2,1H3,(H,29,31)/t19?,23-,24-/m0/s1. The van der Waals surface area contributed by atoms with Crippen LogP contribution in [0.1, 0.15) is 36.5 Å². The molecule has 0 saturated carbocycles. The van der Waals surface area contributed by atoms with Crippen molar-refractivity contribution in [2.45, 2.75) is 51.3 Å². The number of aliphatic hydroxyl groups is 1. The Hall–Kier alpha value is -2.36. The Bertz CT molecular complexity index is 1070. The number of hydrogen-bond acceptors (Lipinski definition) is 5. The van der Waals surface area contributed by atoms with Crippen LogP contribution in [-0.2, 0) is 34.0 Å². The van der Waals surface area contributed by atoms with E-state index in [0.29, 0.717) is 18.5 Å². The minimum absolute atomic E-state index is 0.0250. The van der Waals surface area contributed by atoms with Gasteiger partial charge in [0, 0.05) is 25.6 Å². The highest BCUT2D eigenvalue weighted by Crippen LogP contribution is 2.22. The molecule has 3 N–H and O–H groups in total. The number of amides is 1. The quantitative estimate of drug-likeness (QED) is 0.446. The molecular formula is C25H32F2N2O4S. The summed E-state index contributed by atoms with van der Waals surface area (Å²) >= 11 is 0. The summed E-state index contributed by atoms with van der Waals surface area (Å²) in [6, 6.07) is 10.4. The van der Waals surface area contributed by atoms with E-state index in [-0.39, 0.29) is 36.8 Å². The summed E-state index contributed by atoms with van der Waals surface area (Å²) in [5.74, 6) is -2.08. The van der Waals surface area contributed by atoms with Crippen molar-refractivity contribution in [3.05, 3.63) is 70.8 Å². The highest BCUT2D eigenvalue weighted by molar-refractivity contribution is 7.91. The zero-order valence-corrected chi connectivity index (χ0v) is 20.1.